The molecule has 2 rings (SSSR count). The van der Waals surface area contributed by atoms with Gasteiger partial charge in [-0.3, -0.25) is 0 Å². The molecule has 1 aromatic rings. The molecule has 0 atom stereocenters. The Labute approximate surface area is 128 Å². The molecular formula is C15H20BrClS. The lowest BCUT2D eigenvalue weighted by Crippen LogP contribution is -2.28. The Morgan fingerprint density at radius 2 is 1.89 bits per heavy atom. The van der Waals surface area contributed by atoms with E-state index in [2.05, 4.69) is 28.1 Å². The maximum Gasteiger partial charge on any atom is 0.0446 e. The van der Waals surface area contributed by atoms with Crippen molar-refractivity contribution in [3.8, 4) is 0 Å². The number of alkyl halides is 1. The normalized spacial score (nSPS) is 18.8. The van der Waals surface area contributed by atoms with Crippen molar-refractivity contribution in [1.82, 2.24) is 0 Å². The highest BCUT2D eigenvalue weighted by atomic mass is 79.9. The third kappa shape index (κ3) is 3.91. The number of thioether (sulfide) groups is 1. The molecule has 1 aromatic carbocycles. The van der Waals surface area contributed by atoms with Crippen molar-refractivity contribution in [1.29, 1.82) is 0 Å². The molecule has 0 heterocycles. The molecule has 18 heavy (non-hydrogen) atoms. The fourth-order valence-electron chi connectivity index (χ4n) is 2.61. The van der Waals surface area contributed by atoms with Gasteiger partial charge >= 0.3 is 0 Å². The Hall–Kier alpha value is 0.340. The summed E-state index contributed by atoms with van der Waals surface area (Å²) < 4.78 is 0. The van der Waals surface area contributed by atoms with Crippen molar-refractivity contribution in [2.45, 2.75) is 37.9 Å². The number of rotatable bonds is 5. The summed E-state index contributed by atoms with van der Waals surface area (Å²) in [6.07, 6.45) is 6.99. The smallest absolute Gasteiger partial charge is 0.0446 e. The highest BCUT2D eigenvalue weighted by Gasteiger charge is 2.30. The van der Waals surface area contributed by atoms with Gasteiger partial charge in [0.2, 0.25) is 0 Å². The van der Waals surface area contributed by atoms with Crippen molar-refractivity contribution in [3.05, 3.63) is 34.9 Å². The highest BCUT2D eigenvalue weighted by molar-refractivity contribution is 9.09. The summed E-state index contributed by atoms with van der Waals surface area (Å²) in [6, 6.07) is 8.19. The van der Waals surface area contributed by atoms with E-state index in [9.17, 15) is 0 Å². The second-order valence-corrected chi connectivity index (χ2v) is 7.23. The molecule has 0 unspecified atom stereocenters. The average molecular weight is 348 g/mol. The first kappa shape index (κ1) is 14.7. The van der Waals surface area contributed by atoms with Gasteiger partial charge in [0.15, 0.2) is 0 Å². The molecule has 1 fully saturated rings. The third-order valence-corrected chi connectivity index (χ3v) is 6.71. The lowest BCUT2D eigenvalue weighted by Gasteiger charge is -2.35. The van der Waals surface area contributed by atoms with Crippen molar-refractivity contribution >= 4 is 39.3 Å². The molecule has 100 valence electrons. The largest absolute Gasteiger partial charge is 0.157 e. The lowest BCUT2D eigenvalue weighted by atomic mass is 9.77. The number of hydrogen-bond donors (Lipinski definition) is 0. The van der Waals surface area contributed by atoms with Crippen molar-refractivity contribution < 1.29 is 0 Å². The SMILES string of the molecule is Clc1ccccc1CSCC1(CBr)CCCCC1. The van der Waals surface area contributed by atoms with Crippen LogP contribution in [0.15, 0.2) is 24.3 Å². The first-order chi connectivity index (χ1) is 8.76. The predicted molar refractivity (Wildman–Crippen MR) is 86.9 cm³/mol. The van der Waals surface area contributed by atoms with Gasteiger partial charge in [-0.05, 0) is 29.9 Å². The van der Waals surface area contributed by atoms with Gasteiger partial charge in [-0.15, -0.1) is 0 Å². The third-order valence-electron chi connectivity index (χ3n) is 3.82. The zero-order chi connectivity index (χ0) is 12.8. The van der Waals surface area contributed by atoms with Crippen LogP contribution in [0.5, 0.6) is 0 Å². The van der Waals surface area contributed by atoms with Crippen LogP contribution >= 0.6 is 39.3 Å². The van der Waals surface area contributed by atoms with E-state index in [0.717, 1.165) is 16.1 Å². The molecule has 0 aromatic heterocycles. The second kappa shape index (κ2) is 7.21. The van der Waals surface area contributed by atoms with Crippen LogP contribution in [0.25, 0.3) is 0 Å². The Bertz CT molecular complexity index is 375. The Balaban J connectivity index is 1.85. The van der Waals surface area contributed by atoms with Crippen LogP contribution in [0.1, 0.15) is 37.7 Å². The number of benzene rings is 1. The van der Waals surface area contributed by atoms with Gasteiger partial charge in [-0.25, -0.2) is 0 Å². The Kier molecular flexibility index (Phi) is 5.91. The van der Waals surface area contributed by atoms with Crippen molar-refractivity contribution in [2.24, 2.45) is 5.41 Å². The molecule has 0 spiro atoms. The summed E-state index contributed by atoms with van der Waals surface area (Å²) in [7, 11) is 0. The average Bonchev–Trinajstić information content (AvgIpc) is 2.42. The van der Waals surface area contributed by atoms with E-state index in [-0.39, 0.29) is 0 Å². The van der Waals surface area contributed by atoms with E-state index in [0.29, 0.717) is 5.41 Å². The Morgan fingerprint density at radius 1 is 1.17 bits per heavy atom. The number of hydrogen-bond acceptors (Lipinski definition) is 1. The van der Waals surface area contributed by atoms with Gasteiger partial charge in [-0.1, -0.05) is 65.0 Å². The van der Waals surface area contributed by atoms with Gasteiger partial charge in [-0.2, -0.15) is 11.8 Å². The molecule has 0 radical (unpaired) electrons. The fourth-order valence-corrected chi connectivity index (χ4v) is 5.31. The standard InChI is InChI=1S/C15H20BrClS/c16-11-15(8-4-1-5-9-15)12-18-10-13-6-2-3-7-14(13)17/h2-3,6-7H,1,4-5,8-12H2. The molecule has 0 nitrogen and oxygen atoms in total. The minimum atomic E-state index is 0.532. The first-order valence-corrected chi connectivity index (χ1v) is 9.28. The molecule has 0 saturated heterocycles. The van der Waals surface area contributed by atoms with Crippen LogP contribution in [0.2, 0.25) is 5.02 Å². The lowest BCUT2D eigenvalue weighted by molar-refractivity contribution is 0.260. The van der Waals surface area contributed by atoms with Gasteiger partial charge in [0.05, 0.1) is 0 Å². The molecule has 0 N–H and O–H groups in total. The van der Waals surface area contributed by atoms with E-state index in [1.54, 1.807) is 0 Å². The molecule has 3 heteroatoms. The van der Waals surface area contributed by atoms with Crippen LogP contribution in [-0.4, -0.2) is 11.1 Å². The van der Waals surface area contributed by atoms with Crippen molar-refractivity contribution in [3.63, 3.8) is 0 Å². The predicted octanol–water partition coefficient (Wildman–Crippen LogP) is 5.92. The zero-order valence-corrected chi connectivity index (χ0v) is 13.8. The van der Waals surface area contributed by atoms with Crippen LogP contribution in [0, 0.1) is 5.41 Å². The van der Waals surface area contributed by atoms with Gasteiger partial charge in [0, 0.05) is 21.9 Å². The minimum Gasteiger partial charge on any atom is -0.157 e. The van der Waals surface area contributed by atoms with E-state index in [4.69, 9.17) is 11.6 Å². The van der Waals surface area contributed by atoms with Crippen LogP contribution in [0.4, 0.5) is 0 Å². The summed E-state index contributed by atoms with van der Waals surface area (Å²) in [5, 5.41) is 2.05. The number of halogens is 2. The Morgan fingerprint density at radius 3 is 2.56 bits per heavy atom. The molecule has 0 aliphatic heterocycles. The quantitative estimate of drug-likeness (QED) is 0.596. The molecule has 1 saturated carbocycles. The van der Waals surface area contributed by atoms with Crippen LogP contribution in [-0.2, 0) is 5.75 Å². The van der Waals surface area contributed by atoms with Crippen LogP contribution in [0.3, 0.4) is 0 Å². The highest BCUT2D eigenvalue weighted by Crippen LogP contribution is 2.41. The summed E-state index contributed by atoms with van der Waals surface area (Å²) >= 11 is 12.0. The van der Waals surface area contributed by atoms with Gasteiger partial charge in [0.25, 0.3) is 0 Å². The zero-order valence-electron chi connectivity index (χ0n) is 10.6. The summed E-state index contributed by atoms with van der Waals surface area (Å²) in [6.45, 7) is 0. The molecular weight excluding hydrogens is 328 g/mol. The molecule has 1 aliphatic rings. The van der Waals surface area contributed by atoms with E-state index in [1.807, 2.05) is 23.9 Å². The fraction of sp³-hybridized carbons (Fsp3) is 0.600. The molecule has 0 bridgehead atoms. The topological polar surface area (TPSA) is 0 Å². The molecule has 1 aliphatic carbocycles. The summed E-state index contributed by atoms with van der Waals surface area (Å²) in [4.78, 5) is 0. The second-order valence-electron chi connectivity index (χ2n) is 5.28. The maximum atomic E-state index is 6.19. The maximum absolute atomic E-state index is 6.19. The van der Waals surface area contributed by atoms with E-state index in [1.165, 1.54) is 43.4 Å². The van der Waals surface area contributed by atoms with E-state index < -0.39 is 0 Å². The first-order valence-electron chi connectivity index (χ1n) is 6.63. The summed E-state index contributed by atoms with van der Waals surface area (Å²) in [5.41, 5.74) is 1.80. The molecule has 0 amide bonds. The van der Waals surface area contributed by atoms with Crippen LogP contribution < -0.4 is 0 Å². The van der Waals surface area contributed by atoms with Crippen molar-refractivity contribution in [2.75, 3.05) is 11.1 Å². The monoisotopic (exact) mass is 346 g/mol. The van der Waals surface area contributed by atoms with Gasteiger partial charge < -0.3 is 0 Å². The summed E-state index contributed by atoms with van der Waals surface area (Å²) in [5.74, 6) is 2.29. The minimum absolute atomic E-state index is 0.532. The van der Waals surface area contributed by atoms with Gasteiger partial charge in [0.1, 0.15) is 0 Å². The van der Waals surface area contributed by atoms with E-state index >= 15 is 0 Å².